The fraction of sp³-hybridized carbons (Fsp3) is 0. The predicted molar refractivity (Wildman–Crippen MR) is 76.9 cm³/mol. The molecule has 0 saturated carbocycles. The van der Waals surface area contributed by atoms with Crippen LogP contribution in [0.15, 0.2) is 59.7 Å². The van der Waals surface area contributed by atoms with Gasteiger partial charge in [-0.05, 0) is 40.3 Å². The molecule has 7 heteroatoms. The Morgan fingerprint density at radius 3 is 2.57 bits per heavy atom. The summed E-state index contributed by atoms with van der Waals surface area (Å²) < 4.78 is 12.8. The molecule has 1 heterocycles. The van der Waals surface area contributed by atoms with E-state index in [4.69, 9.17) is 0 Å². The van der Waals surface area contributed by atoms with Crippen LogP contribution in [-0.4, -0.2) is 26.5 Å². The van der Waals surface area contributed by atoms with E-state index in [1.165, 1.54) is 16.9 Å². The van der Waals surface area contributed by atoms with Crippen molar-refractivity contribution in [3.05, 3.63) is 66.0 Å². The zero-order chi connectivity index (χ0) is 14.5. The van der Waals surface area contributed by atoms with Gasteiger partial charge in [0.15, 0.2) is 0 Å². The highest BCUT2D eigenvalue weighted by Gasteiger charge is 2.04. The number of nitrogens with one attached hydrogen (secondary N) is 1. The Morgan fingerprint density at radius 1 is 1.05 bits per heavy atom. The average Bonchev–Trinajstić information content (AvgIpc) is 2.95. The summed E-state index contributed by atoms with van der Waals surface area (Å²) in [5, 5.41) is 18.4. The molecule has 3 aromatic rings. The van der Waals surface area contributed by atoms with E-state index in [2.05, 4.69) is 25.9 Å². The normalized spacial score (nSPS) is 10.9. The molecule has 0 radical (unpaired) electrons. The fourth-order valence-electron chi connectivity index (χ4n) is 1.66. The van der Waals surface area contributed by atoms with Crippen molar-refractivity contribution in [1.82, 2.24) is 20.3 Å². The van der Waals surface area contributed by atoms with Gasteiger partial charge in [0.2, 0.25) is 0 Å². The van der Waals surface area contributed by atoms with Crippen molar-refractivity contribution in [2.24, 2.45) is 5.10 Å². The molecule has 0 unspecified atom stereocenters. The number of tetrazole rings is 1. The van der Waals surface area contributed by atoms with E-state index < -0.39 is 0 Å². The maximum absolute atomic E-state index is 12.8. The van der Waals surface area contributed by atoms with Crippen molar-refractivity contribution in [1.29, 1.82) is 0 Å². The average molecular weight is 282 g/mol. The molecule has 6 nitrogen and oxygen atoms in total. The van der Waals surface area contributed by atoms with Crippen LogP contribution in [0, 0.1) is 5.82 Å². The third-order valence-electron chi connectivity index (χ3n) is 2.67. The van der Waals surface area contributed by atoms with Crippen molar-refractivity contribution in [3.63, 3.8) is 0 Å². The Labute approximate surface area is 119 Å². The van der Waals surface area contributed by atoms with Gasteiger partial charge in [0.1, 0.15) is 5.82 Å². The van der Waals surface area contributed by atoms with Gasteiger partial charge in [0, 0.05) is 5.69 Å². The highest BCUT2D eigenvalue weighted by molar-refractivity contribution is 5.79. The first kappa shape index (κ1) is 12.9. The van der Waals surface area contributed by atoms with Crippen molar-refractivity contribution in [3.8, 4) is 0 Å². The minimum Gasteiger partial charge on any atom is -0.321 e. The standard InChI is InChI=1S/C14H11FN6/c15-12-8-6-11(7-9-12)10-16-21-14(18-19-20-21)17-13-4-2-1-3-5-13/h1-10H,(H,17,18,20)/b16-10+. The van der Waals surface area contributed by atoms with E-state index in [1.807, 2.05) is 30.3 Å². The largest absolute Gasteiger partial charge is 0.321 e. The third-order valence-corrected chi connectivity index (χ3v) is 2.67. The zero-order valence-corrected chi connectivity index (χ0v) is 10.9. The second-order valence-corrected chi connectivity index (χ2v) is 4.18. The van der Waals surface area contributed by atoms with Crippen LogP contribution in [-0.2, 0) is 0 Å². The minimum atomic E-state index is -0.291. The molecule has 0 aliphatic rings. The lowest BCUT2D eigenvalue weighted by Gasteiger charge is -2.02. The van der Waals surface area contributed by atoms with Crippen molar-refractivity contribution in [2.75, 3.05) is 5.32 Å². The molecular formula is C14H11FN6. The first-order valence-corrected chi connectivity index (χ1v) is 6.22. The number of para-hydroxylation sites is 1. The molecule has 0 amide bonds. The van der Waals surface area contributed by atoms with Crippen LogP contribution in [0.4, 0.5) is 16.0 Å². The number of benzene rings is 2. The number of aromatic nitrogens is 4. The van der Waals surface area contributed by atoms with Crippen molar-refractivity contribution in [2.45, 2.75) is 0 Å². The number of nitrogens with zero attached hydrogens (tertiary/aromatic N) is 5. The van der Waals surface area contributed by atoms with E-state index in [-0.39, 0.29) is 5.82 Å². The Hall–Kier alpha value is -3.09. The SMILES string of the molecule is Fc1ccc(/C=N/n2nnnc2Nc2ccccc2)cc1. The highest BCUT2D eigenvalue weighted by atomic mass is 19.1. The van der Waals surface area contributed by atoms with Crippen LogP contribution in [0.3, 0.4) is 0 Å². The van der Waals surface area contributed by atoms with E-state index in [1.54, 1.807) is 18.3 Å². The smallest absolute Gasteiger partial charge is 0.269 e. The lowest BCUT2D eigenvalue weighted by Crippen LogP contribution is -2.01. The molecule has 3 rings (SSSR count). The molecule has 0 fully saturated rings. The molecule has 1 aromatic heterocycles. The van der Waals surface area contributed by atoms with Gasteiger partial charge in [-0.15, -0.1) is 0 Å². The molecule has 0 spiro atoms. The molecule has 0 bridgehead atoms. The predicted octanol–water partition coefficient (Wildman–Crippen LogP) is 2.44. The van der Waals surface area contributed by atoms with Gasteiger partial charge in [-0.1, -0.05) is 40.2 Å². The molecule has 1 N–H and O–H groups in total. The highest BCUT2D eigenvalue weighted by Crippen LogP contribution is 2.12. The lowest BCUT2D eigenvalue weighted by molar-refractivity contribution is 0.628. The summed E-state index contributed by atoms with van der Waals surface area (Å²) in [5.41, 5.74) is 1.60. The summed E-state index contributed by atoms with van der Waals surface area (Å²) in [7, 11) is 0. The monoisotopic (exact) mass is 282 g/mol. The van der Waals surface area contributed by atoms with E-state index in [0.29, 0.717) is 5.95 Å². The third kappa shape index (κ3) is 3.27. The summed E-state index contributed by atoms with van der Waals surface area (Å²) in [5.74, 6) is 0.0977. The number of halogens is 1. The lowest BCUT2D eigenvalue weighted by atomic mass is 10.2. The van der Waals surface area contributed by atoms with E-state index in [9.17, 15) is 4.39 Å². The number of rotatable bonds is 4. The first-order valence-electron chi connectivity index (χ1n) is 6.22. The van der Waals surface area contributed by atoms with Gasteiger partial charge >= 0.3 is 0 Å². The molecule has 0 aliphatic heterocycles. The maximum Gasteiger partial charge on any atom is 0.269 e. The Bertz CT molecular complexity index is 736. The second-order valence-electron chi connectivity index (χ2n) is 4.18. The topological polar surface area (TPSA) is 68.0 Å². The van der Waals surface area contributed by atoms with Gasteiger partial charge in [0.05, 0.1) is 6.21 Å². The number of anilines is 2. The van der Waals surface area contributed by atoms with Gasteiger partial charge in [-0.3, -0.25) is 0 Å². The molecule has 2 aromatic carbocycles. The fourth-order valence-corrected chi connectivity index (χ4v) is 1.66. The van der Waals surface area contributed by atoms with Crippen LogP contribution in [0.1, 0.15) is 5.56 Å². The molecule has 21 heavy (non-hydrogen) atoms. The molecule has 0 atom stereocenters. The Balaban J connectivity index is 1.78. The van der Waals surface area contributed by atoms with Crippen LogP contribution in [0.2, 0.25) is 0 Å². The zero-order valence-electron chi connectivity index (χ0n) is 10.9. The van der Waals surface area contributed by atoms with Crippen LogP contribution < -0.4 is 5.32 Å². The van der Waals surface area contributed by atoms with E-state index in [0.717, 1.165) is 11.3 Å². The number of hydrogen-bond donors (Lipinski definition) is 1. The minimum absolute atomic E-state index is 0.291. The second kappa shape index (κ2) is 5.91. The first-order chi connectivity index (χ1) is 10.3. The van der Waals surface area contributed by atoms with Gasteiger partial charge in [-0.25, -0.2) is 4.39 Å². The summed E-state index contributed by atoms with van der Waals surface area (Å²) in [6, 6.07) is 15.5. The van der Waals surface area contributed by atoms with E-state index >= 15 is 0 Å². The van der Waals surface area contributed by atoms with Crippen LogP contribution in [0.25, 0.3) is 0 Å². The number of hydrogen-bond acceptors (Lipinski definition) is 5. The van der Waals surface area contributed by atoms with Gasteiger partial charge in [-0.2, -0.15) is 5.10 Å². The Morgan fingerprint density at radius 2 is 1.81 bits per heavy atom. The summed E-state index contributed by atoms with van der Waals surface area (Å²) in [4.78, 5) is 1.26. The summed E-state index contributed by atoms with van der Waals surface area (Å²) >= 11 is 0. The molecule has 0 saturated heterocycles. The molecule has 104 valence electrons. The molecular weight excluding hydrogens is 271 g/mol. The van der Waals surface area contributed by atoms with Gasteiger partial charge in [0.25, 0.3) is 5.95 Å². The molecule has 0 aliphatic carbocycles. The Kier molecular flexibility index (Phi) is 3.64. The quantitative estimate of drug-likeness (QED) is 0.746. The van der Waals surface area contributed by atoms with Crippen LogP contribution in [0.5, 0.6) is 0 Å². The van der Waals surface area contributed by atoms with Crippen molar-refractivity contribution >= 4 is 17.9 Å². The summed E-state index contributed by atoms with van der Waals surface area (Å²) in [6.07, 6.45) is 1.55. The maximum atomic E-state index is 12.8. The summed E-state index contributed by atoms with van der Waals surface area (Å²) in [6.45, 7) is 0. The van der Waals surface area contributed by atoms with Gasteiger partial charge < -0.3 is 5.32 Å². The van der Waals surface area contributed by atoms with Crippen LogP contribution >= 0.6 is 0 Å². The van der Waals surface area contributed by atoms with Crippen molar-refractivity contribution < 1.29 is 4.39 Å².